The van der Waals surface area contributed by atoms with Gasteiger partial charge in [0.1, 0.15) is 0 Å². The molecule has 0 aliphatic carbocycles. The molecule has 0 aliphatic rings. The smallest absolute Gasteiger partial charge is 0.165 e. The molecule has 1 rings (SSSR count). The Bertz CT molecular complexity index is 334. The average Bonchev–Trinajstić information content (AvgIpc) is 2.32. The van der Waals surface area contributed by atoms with Crippen LogP contribution in [0.1, 0.15) is 6.42 Å². The quantitative estimate of drug-likeness (QED) is 0.691. The number of methoxy groups -OCH3 is 1. The van der Waals surface area contributed by atoms with Gasteiger partial charge in [0, 0.05) is 24.6 Å². The van der Waals surface area contributed by atoms with Crippen molar-refractivity contribution in [3.8, 4) is 5.75 Å². The Morgan fingerprint density at radius 3 is 2.76 bits per heavy atom. The third-order valence-corrected chi connectivity index (χ3v) is 2.51. The first-order valence-electron chi connectivity index (χ1n) is 5.38. The van der Waals surface area contributed by atoms with E-state index in [9.17, 15) is 4.39 Å². The molecule has 96 valence electrons. The molecule has 0 amide bonds. The van der Waals surface area contributed by atoms with Gasteiger partial charge in [-0.1, -0.05) is 15.9 Å². The fourth-order valence-corrected chi connectivity index (χ4v) is 1.52. The number of ether oxygens (including phenoxy) is 3. The molecule has 17 heavy (non-hydrogen) atoms. The van der Waals surface area contributed by atoms with Crippen molar-refractivity contribution in [2.24, 2.45) is 0 Å². The summed E-state index contributed by atoms with van der Waals surface area (Å²) in [6, 6.07) is 4.62. The van der Waals surface area contributed by atoms with Crippen LogP contribution in [0.5, 0.6) is 5.75 Å². The van der Waals surface area contributed by atoms with Crippen LogP contribution in [0.4, 0.5) is 4.39 Å². The summed E-state index contributed by atoms with van der Waals surface area (Å²) < 4.78 is 29.4. The van der Waals surface area contributed by atoms with Gasteiger partial charge in [0.15, 0.2) is 11.6 Å². The first kappa shape index (κ1) is 14.4. The normalized spacial score (nSPS) is 10.5. The van der Waals surface area contributed by atoms with E-state index in [1.54, 1.807) is 19.2 Å². The predicted octanol–water partition coefficient (Wildman–Crippen LogP) is 3.02. The van der Waals surface area contributed by atoms with Crippen molar-refractivity contribution in [1.82, 2.24) is 0 Å². The molecule has 0 aromatic heterocycles. The largest absolute Gasteiger partial charge is 0.490 e. The molecule has 3 nitrogen and oxygen atoms in total. The van der Waals surface area contributed by atoms with Gasteiger partial charge in [0.2, 0.25) is 0 Å². The Balaban J connectivity index is 2.15. The number of halogens is 2. The van der Waals surface area contributed by atoms with E-state index >= 15 is 0 Å². The van der Waals surface area contributed by atoms with E-state index in [0.717, 1.165) is 10.9 Å². The van der Waals surface area contributed by atoms with E-state index < -0.39 is 0 Å². The van der Waals surface area contributed by atoms with Crippen LogP contribution >= 0.6 is 15.9 Å². The Labute approximate surface area is 109 Å². The van der Waals surface area contributed by atoms with E-state index in [4.69, 9.17) is 14.2 Å². The fraction of sp³-hybridized carbons (Fsp3) is 0.500. The molecule has 0 bridgehead atoms. The second-order valence-corrected chi connectivity index (χ2v) is 4.30. The van der Waals surface area contributed by atoms with E-state index in [0.29, 0.717) is 26.4 Å². The van der Waals surface area contributed by atoms with Crippen LogP contribution in [-0.2, 0) is 9.47 Å². The molecule has 0 saturated heterocycles. The lowest BCUT2D eigenvalue weighted by atomic mass is 10.3. The molecule has 0 radical (unpaired) electrons. The van der Waals surface area contributed by atoms with Crippen LogP contribution in [0.2, 0.25) is 0 Å². The topological polar surface area (TPSA) is 27.7 Å². The molecule has 0 saturated carbocycles. The molecular formula is C12H16BrFO3. The van der Waals surface area contributed by atoms with Crippen molar-refractivity contribution in [3.05, 3.63) is 28.5 Å². The summed E-state index contributed by atoms with van der Waals surface area (Å²) in [5, 5.41) is 0. The maximum Gasteiger partial charge on any atom is 0.165 e. The third-order valence-electron chi connectivity index (χ3n) is 2.02. The van der Waals surface area contributed by atoms with E-state index in [1.165, 1.54) is 6.07 Å². The van der Waals surface area contributed by atoms with Gasteiger partial charge in [0.25, 0.3) is 0 Å². The standard InChI is InChI=1S/C12H16BrFO3/c1-15-7-8-16-5-2-6-17-12-9-10(13)3-4-11(12)14/h3-4,9H,2,5-8H2,1H3. The Morgan fingerprint density at radius 2 is 2.00 bits per heavy atom. The summed E-state index contributed by atoms with van der Waals surface area (Å²) in [6.45, 7) is 2.17. The lowest BCUT2D eigenvalue weighted by Gasteiger charge is -2.08. The van der Waals surface area contributed by atoms with Gasteiger partial charge < -0.3 is 14.2 Å². The van der Waals surface area contributed by atoms with Crippen LogP contribution in [0.25, 0.3) is 0 Å². The van der Waals surface area contributed by atoms with Gasteiger partial charge in [-0.25, -0.2) is 4.39 Å². The summed E-state index contributed by atoms with van der Waals surface area (Å²) in [4.78, 5) is 0. The van der Waals surface area contributed by atoms with Gasteiger partial charge in [-0.15, -0.1) is 0 Å². The van der Waals surface area contributed by atoms with Crippen molar-refractivity contribution in [1.29, 1.82) is 0 Å². The predicted molar refractivity (Wildman–Crippen MR) is 66.9 cm³/mol. The minimum absolute atomic E-state index is 0.260. The molecule has 0 spiro atoms. The molecule has 0 heterocycles. The summed E-state index contributed by atoms with van der Waals surface area (Å²) in [6.07, 6.45) is 0.718. The van der Waals surface area contributed by atoms with Gasteiger partial charge in [-0.2, -0.15) is 0 Å². The third kappa shape index (κ3) is 6.00. The fourth-order valence-electron chi connectivity index (χ4n) is 1.18. The zero-order valence-electron chi connectivity index (χ0n) is 9.75. The summed E-state index contributed by atoms with van der Waals surface area (Å²) in [5.41, 5.74) is 0. The molecule has 0 atom stereocenters. The van der Waals surface area contributed by atoms with Crippen molar-refractivity contribution < 1.29 is 18.6 Å². The first-order valence-corrected chi connectivity index (χ1v) is 6.18. The minimum atomic E-state index is -0.353. The van der Waals surface area contributed by atoms with Gasteiger partial charge in [0.05, 0.1) is 19.8 Å². The highest BCUT2D eigenvalue weighted by Gasteiger charge is 2.03. The van der Waals surface area contributed by atoms with E-state index in [2.05, 4.69) is 15.9 Å². The molecule has 5 heteroatoms. The maximum atomic E-state index is 13.3. The van der Waals surface area contributed by atoms with E-state index in [-0.39, 0.29) is 11.6 Å². The first-order chi connectivity index (χ1) is 8.24. The number of benzene rings is 1. The maximum absolute atomic E-state index is 13.3. The summed E-state index contributed by atoms with van der Waals surface area (Å²) >= 11 is 3.26. The number of hydrogen-bond acceptors (Lipinski definition) is 3. The lowest BCUT2D eigenvalue weighted by molar-refractivity contribution is 0.0642. The highest BCUT2D eigenvalue weighted by molar-refractivity contribution is 9.10. The molecule has 1 aromatic rings. The van der Waals surface area contributed by atoms with Crippen LogP contribution in [0, 0.1) is 5.82 Å². The average molecular weight is 307 g/mol. The van der Waals surface area contributed by atoms with Gasteiger partial charge in [-0.05, 0) is 18.2 Å². The van der Waals surface area contributed by atoms with Crippen LogP contribution < -0.4 is 4.74 Å². The molecule has 1 aromatic carbocycles. The monoisotopic (exact) mass is 306 g/mol. The highest BCUT2D eigenvalue weighted by Crippen LogP contribution is 2.22. The highest BCUT2D eigenvalue weighted by atomic mass is 79.9. The number of rotatable bonds is 8. The Kier molecular flexibility index (Phi) is 7.16. The second kappa shape index (κ2) is 8.44. The van der Waals surface area contributed by atoms with Crippen molar-refractivity contribution in [2.45, 2.75) is 6.42 Å². The Morgan fingerprint density at radius 1 is 1.18 bits per heavy atom. The molecule has 0 fully saturated rings. The van der Waals surface area contributed by atoms with Crippen molar-refractivity contribution in [2.75, 3.05) is 33.5 Å². The minimum Gasteiger partial charge on any atom is -0.490 e. The summed E-state index contributed by atoms with van der Waals surface area (Å²) in [5.74, 6) is -0.0928. The zero-order valence-corrected chi connectivity index (χ0v) is 11.3. The Hall–Kier alpha value is -0.650. The molecular weight excluding hydrogens is 291 g/mol. The molecule has 0 aliphatic heterocycles. The number of hydrogen-bond donors (Lipinski definition) is 0. The lowest BCUT2D eigenvalue weighted by Crippen LogP contribution is -2.07. The van der Waals surface area contributed by atoms with Crippen LogP contribution in [-0.4, -0.2) is 33.5 Å². The van der Waals surface area contributed by atoms with Crippen molar-refractivity contribution >= 4 is 15.9 Å². The SMILES string of the molecule is COCCOCCCOc1cc(Br)ccc1F. The van der Waals surface area contributed by atoms with E-state index in [1.807, 2.05) is 0 Å². The van der Waals surface area contributed by atoms with Gasteiger partial charge in [-0.3, -0.25) is 0 Å². The zero-order chi connectivity index (χ0) is 12.5. The van der Waals surface area contributed by atoms with Crippen LogP contribution in [0.3, 0.4) is 0 Å². The second-order valence-electron chi connectivity index (χ2n) is 3.38. The molecule has 0 N–H and O–H groups in total. The molecule has 0 unspecified atom stereocenters. The summed E-state index contributed by atoms with van der Waals surface area (Å²) in [7, 11) is 1.63. The van der Waals surface area contributed by atoms with Crippen molar-refractivity contribution in [3.63, 3.8) is 0 Å². The van der Waals surface area contributed by atoms with Crippen LogP contribution in [0.15, 0.2) is 22.7 Å². The van der Waals surface area contributed by atoms with Gasteiger partial charge >= 0.3 is 0 Å².